The van der Waals surface area contributed by atoms with Crippen molar-refractivity contribution < 1.29 is 9.59 Å². The summed E-state index contributed by atoms with van der Waals surface area (Å²) in [5.74, 6) is 0.0627. The van der Waals surface area contributed by atoms with E-state index in [0.717, 1.165) is 37.1 Å². The minimum Gasteiger partial charge on any atom is -0.342 e. The number of aliphatic imine (C=N–C) groups is 1. The Labute approximate surface area is 185 Å². The third-order valence-electron chi connectivity index (χ3n) is 5.09. The fourth-order valence-corrected chi connectivity index (χ4v) is 4.57. The van der Waals surface area contributed by atoms with E-state index in [1.807, 2.05) is 48.2 Å². The molecule has 30 heavy (non-hydrogen) atoms. The molecule has 2 aromatic carbocycles. The Hall–Kier alpha value is -2.57. The summed E-state index contributed by atoms with van der Waals surface area (Å²) in [7, 11) is 0. The summed E-state index contributed by atoms with van der Waals surface area (Å²) in [6.45, 7) is 3.62. The highest BCUT2D eigenvalue weighted by molar-refractivity contribution is 8.14. The van der Waals surface area contributed by atoms with E-state index in [4.69, 9.17) is 11.6 Å². The Morgan fingerprint density at radius 1 is 1.13 bits per heavy atom. The number of amidine groups is 1. The Kier molecular flexibility index (Phi) is 6.25. The zero-order chi connectivity index (χ0) is 21.1. The molecule has 0 saturated carbocycles. The van der Waals surface area contributed by atoms with E-state index in [-0.39, 0.29) is 17.6 Å². The Bertz CT molecular complexity index is 1030. The second-order valence-corrected chi connectivity index (χ2v) is 8.65. The number of para-hydroxylation sites is 1. The van der Waals surface area contributed by atoms with Crippen LogP contribution in [0.3, 0.4) is 0 Å². The van der Waals surface area contributed by atoms with Crippen molar-refractivity contribution in [2.24, 2.45) is 4.99 Å². The number of nitrogens with zero attached hydrogens (tertiary/aromatic N) is 3. The van der Waals surface area contributed by atoms with E-state index < -0.39 is 0 Å². The molecule has 1 fully saturated rings. The lowest BCUT2D eigenvalue weighted by atomic mass is 10.1. The van der Waals surface area contributed by atoms with Gasteiger partial charge in [-0.1, -0.05) is 65.3 Å². The minimum absolute atomic E-state index is 0.0720. The second-order valence-electron chi connectivity index (χ2n) is 7.30. The van der Waals surface area contributed by atoms with Gasteiger partial charge in [-0.25, -0.2) is 4.99 Å². The summed E-state index contributed by atoms with van der Waals surface area (Å²) in [5, 5.41) is 0.931. The van der Waals surface area contributed by atoms with Crippen LogP contribution >= 0.6 is 23.4 Å². The monoisotopic (exact) mass is 439 g/mol. The lowest BCUT2D eigenvalue weighted by molar-refractivity contribution is -0.127. The van der Waals surface area contributed by atoms with Crippen LogP contribution in [0.25, 0.3) is 6.08 Å². The maximum Gasteiger partial charge on any atom is 0.283 e. The summed E-state index contributed by atoms with van der Waals surface area (Å²) >= 11 is 7.65. The number of thioether (sulfide) groups is 1. The van der Waals surface area contributed by atoms with Gasteiger partial charge in [-0.05, 0) is 43.5 Å². The topological polar surface area (TPSA) is 53.0 Å². The molecule has 154 valence electrons. The predicted molar refractivity (Wildman–Crippen MR) is 124 cm³/mol. The Morgan fingerprint density at radius 2 is 1.83 bits per heavy atom. The molecule has 0 aliphatic carbocycles. The van der Waals surface area contributed by atoms with Crippen molar-refractivity contribution >= 4 is 52.1 Å². The molecular formula is C23H22ClN3O2S. The largest absolute Gasteiger partial charge is 0.342 e. The lowest BCUT2D eigenvalue weighted by Gasteiger charge is -2.20. The zero-order valence-electron chi connectivity index (χ0n) is 16.7. The summed E-state index contributed by atoms with van der Waals surface area (Å²) in [5.41, 5.74) is 2.94. The molecule has 2 aliphatic heterocycles. The standard InChI is InChI=1S/C23H22ClN3O2S/c1-16-8-10-17(11-9-16)14-19-22(29)27(20-7-3-2-6-18(20)24)23(25-19)30-15-21(28)26-12-4-5-13-26/h2-3,6-11,14H,4-5,12-13,15H2,1H3/b19-14+. The number of halogens is 1. The van der Waals surface area contributed by atoms with Gasteiger partial charge in [-0.2, -0.15) is 0 Å². The number of carbonyl (C=O) groups is 2. The van der Waals surface area contributed by atoms with Gasteiger partial charge < -0.3 is 4.90 Å². The van der Waals surface area contributed by atoms with Crippen molar-refractivity contribution in [3.05, 3.63) is 70.4 Å². The fraction of sp³-hybridized carbons (Fsp3) is 0.261. The number of rotatable bonds is 4. The van der Waals surface area contributed by atoms with E-state index in [9.17, 15) is 9.59 Å². The molecule has 0 unspecified atom stereocenters. The van der Waals surface area contributed by atoms with Crippen molar-refractivity contribution in [1.82, 2.24) is 4.90 Å². The molecule has 4 rings (SSSR count). The molecule has 2 aromatic rings. The molecule has 0 aromatic heterocycles. The maximum absolute atomic E-state index is 13.2. The highest BCUT2D eigenvalue weighted by Crippen LogP contribution is 2.34. The highest BCUT2D eigenvalue weighted by Gasteiger charge is 2.34. The quantitative estimate of drug-likeness (QED) is 0.646. The van der Waals surface area contributed by atoms with Gasteiger partial charge in [-0.15, -0.1) is 0 Å². The fourth-order valence-electron chi connectivity index (χ4n) is 3.44. The van der Waals surface area contributed by atoms with Gasteiger partial charge in [-0.3, -0.25) is 14.5 Å². The second kappa shape index (κ2) is 9.06. The van der Waals surface area contributed by atoms with Crippen LogP contribution in [0, 0.1) is 6.92 Å². The molecule has 2 amide bonds. The van der Waals surface area contributed by atoms with Gasteiger partial charge in [0, 0.05) is 13.1 Å². The molecule has 2 aliphatic rings. The number of anilines is 1. The van der Waals surface area contributed by atoms with Crippen LogP contribution in [0.5, 0.6) is 0 Å². The summed E-state index contributed by atoms with van der Waals surface area (Å²) in [4.78, 5) is 33.7. The van der Waals surface area contributed by atoms with E-state index in [0.29, 0.717) is 21.6 Å². The average molecular weight is 440 g/mol. The molecule has 0 bridgehead atoms. The summed E-state index contributed by atoms with van der Waals surface area (Å²) < 4.78 is 0. The normalized spacial score (nSPS) is 17.7. The SMILES string of the molecule is Cc1ccc(/C=C2/N=C(SCC(=O)N3CCCC3)N(c3ccccc3Cl)C2=O)cc1. The molecule has 0 N–H and O–H groups in total. The van der Waals surface area contributed by atoms with E-state index in [1.165, 1.54) is 16.7 Å². The van der Waals surface area contributed by atoms with Crippen molar-refractivity contribution in [2.45, 2.75) is 19.8 Å². The molecule has 7 heteroatoms. The van der Waals surface area contributed by atoms with Gasteiger partial charge in [0.2, 0.25) is 5.91 Å². The molecule has 0 atom stereocenters. The molecule has 0 radical (unpaired) electrons. The summed E-state index contributed by atoms with van der Waals surface area (Å²) in [6, 6.07) is 15.1. The van der Waals surface area contributed by atoms with Crippen LogP contribution in [0.2, 0.25) is 5.02 Å². The van der Waals surface area contributed by atoms with Gasteiger partial charge in [0.25, 0.3) is 5.91 Å². The van der Waals surface area contributed by atoms with Gasteiger partial charge in [0.15, 0.2) is 5.17 Å². The van der Waals surface area contributed by atoms with Gasteiger partial charge in [0.1, 0.15) is 5.70 Å². The molecule has 0 spiro atoms. The number of benzene rings is 2. The van der Waals surface area contributed by atoms with Crippen LogP contribution in [0.15, 0.2) is 59.2 Å². The molecular weight excluding hydrogens is 418 g/mol. The van der Waals surface area contributed by atoms with Gasteiger partial charge in [0.05, 0.1) is 16.5 Å². The number of hydrogen-bond acceptors (Lipinski definition) is 4. The smallest absolute Gasteiger partial charge is 0.283 e. The van der Waals surface area contributed by atoms with Crippen LogP contribution in [-0.4, -0.2) is 40.7 Å². The molecule has 1 saturated heterocycles. The first-order valence-electron chi connectivity index (χ1n) is 9.89. The van der Waals surface area contributed by atoms with Crippen molar-refractivity contribution in [2.75, 3.05) is 23.7 Å². The third-order valence-corrected chi connectivity index (χ3v) is 6.33. The first-order chi connectivity index (χ1) is 14.5. The van der Waals surface area contributed by atoms with Gasteiger partial charge >= 0.3 is 0 Å². The van der Waals surface area contributed by atoms with Crippen molar-refractivity contribution in [1.29, 1.82) is 0 Å². The predicted octanol–water partition coefficient (Wildman–Crippen LogP) is 4.75. The summed E-state index contributed by atoms with van der Waals surface area (Å²) in [6.07, 6.45) is 3.86. The van der Waals surface area contributed by atoms with Crippen molar-refractivity contribution in [3.8, 4) is 0 Å². The number of aryl methyl sites for hydroxylation is 1. The van der Waals surface area contributed by atoms with E-state index >= 15 is 0 Å². The van der Waals surface area contributed by atoms with Crippen LogP contribution < -0.4 is 4.90 Å². The highest BCUT2D eigenvalue weighted by atomic mass is 35.5. The number of likely N-dealkylation sites (tertiary alicyclic amines) is 1. The Morgan fingerprint density at radius 3 is 2.53 bits per heavy atom. The maximum atomic E-state index is 13.2. The number of hydrogen-bond donors (Lipinski definition) is 0. The lowest BCUT2D eigenvalue weighted by Crippen LogP contribution is -2.33. The van der Waals surface area contributed by atoms with Crippen LogP contribution in [0.1, 0.15) is 24.0 Å². The third kappa shape index (κ3) is 4.45. The van der Waals surface area contributed by atoms with E-state index in [2.05, 4.69) is 4.99 Å². The van der Waals surface area contributed by atoms with E-state index in [1.54, 1.807) is 18.2 Å². The zero-order valence-corrected chi connectivity index (χ0v) is 18.2. The number of amides is 2. The number of carbonyl (C=O) groups excluding carboxylic acids is 2. The Balaban J connectivity index is 1.62. The molecule has 2 heterocycles. The first-order valence-corrected chi connectivity index (χ1v) is 11.3. The first kappa shape index (κ1) is 20.7. The minimum atomic E-state index is -0.250. The van der Waals surface area contributed by atoms with Crippen molar-refractivity contribution in [3.63, 3.8) is 0 Å². The van der Waals surface area contributed by atoms with Crippen LogP contribution in [0.4, 0.5) is 5.69 Å². The average Bonchev–Trinajstić information content (AvgIpc) is 3.38. The molecule has 5 nitrogen and oxygen atoms in total. The van der Waals surface area contributed by atoms with Crippen LogP contribution in [-0.2, 0) is 9.59 Å².